The van der Waals surface area contributed by atoms with Crippen molar-refractivity contribution in [2.75, 3.05) is 30.4 Å². The maximum absolute atomic E-state index is 13.5. The Balaban J connectivity index is 1.96. The van der Waals surface area contributed by atoms with Gasteiger partial charge in [0.25, 0.3) is 0 Å². The SMILES string of the molecule is CCC(C(=O)NC)N(Cc1ccc(F)cc1)C(=O)CN(c1ccc2c(c1)OCO2)S(=O)(=O)CC. The summed E-state index contributed by atoms with van der Waals surface area (Å²) in [6.45, 7) is 2.74. The number of amides is 2. The number of sulfonamides is 1. The van der Waals surface area contributed by atoms with E-state index in [-0.39, 0.29) is 30.7 Å². The lowest BCUT2D eigenvalue weighted by Crippen LogP contribution is -2.52. The Morgan fingerprint density at radius 3 is 2.38 bits per heavy atom. The first kappa shape index (κ1) is 25.3. The molecule has 0 saturated carbocycles. The van der Waals surface area contributed by atoms with Crippen LogP contribution in [0, 0.1) is 5.82 Å². The second-order valence-electron chi connectivity index (χ2n) is 7.63. The molecule has 0 saturated heterocycles. The molecule has 1 aliphatic rings. The third kappa shape index (κ3) is 5.58. The van der Waals surface area contributed by atoms with Crippen molar-refractivity contribution < 1.29 is 31.9 Å². The molecular weight excluding hydrogens is 465 g/mol. The second kappa shape index (κ2) is 10.7. The molecule has 2 aromatic carbocycles. The summed E-state index contributed by atoms with van der Waals surface area (Å²) in [7, 11) is -2.39. The lowest BCUT2D eigenvalue weighted by Gasteiger charge is -2.33. The number of carbonyl (C=O) groups is 2. The van der Waals surface area contributed by atoms with Gasteiger partial charge in [-0.15, -0.1) is 0 Å². The minimum absolute atomic E-state index is 0.00614. The highest BCUT2D eigenvalue weighted by molar-refractivity contribution is 7.92. The smallest absolute Gasteiger partial charge is 0.244 e. The molecule has 2 amide bonds. The molecular formula is C23H28FN3O6S. The fraction of sp³-hybridized carbons (Fsp3) is 0.391. The van der Waals surface area contributed by atoms with Crippen LogP contribution in [0.1, 0.15) is 25.8 Å². The van der Waals surface area contributed by atoms with Crippen molar-refractivity contribution in [2.45, 2.75) is 32.9 Å². The molecule has 34 heavy (non-hydrogen) atoms. The number of likely N-dealkylation sites (N-methyl/N-ethyl adjacent to an activating group) is 1. The summed E-state index contributed by atoms with van der Waals surface area (Å²) in [5.41, 5.74) is 0.847. The van der Waals surface area contributed by atoms with Crippen LogP contribution in [0.15, 0.2) is 42.5 Å². The first-order valence-corrected chi connectivity index (χ1v) is 12.5. The van der Waals surface area contributed by atoms with E-state index in [1.165, 1.54) is 55.3 Å². The van der Waals surface area contributed by atoms with Gasteiger partial charge in [-0.2, -0.15) is 0 Å². The number of carbonyl (C=O) groups excluding carboxylic acids is 2. The molecule has 1 aliphatic heterocycles. The molecule has 1 atom stereocenters. The number of halogens is 1. The number of fused-ring (bicyclic) bond motifs is 1. The first-order chi connectivity index (χ1) is 16.2. The van der Waals surface area contributed by atoms with Gasteiger partial charge in [0.05, 0.1) is 11.4 Å². The number of benzene rings is 2. The van der Waals surface area contributed by atoms with Crippen LogP contribution in [-0.4, -0.2) is 57.3 Å². The van der Waals surface area contributed by atoms with E-state index in [0.29, 0.717) is 23.5 Å². The van der Waals surface area contributed by atoms with E-state index in [1.807, 2.05) is 0 Å². The Morgan fingerprint density at radius 2 is 1.76 bits per heavy atom. The molecule has 0 fully saturated rings. The Labute approximate surface area is 198 Å². The lowest BCUT2D eigenvalue weighted by molar-refractivity contribution is -0.140. The average Bonchev–Trinajstić information content (AvgIpc) is 3.31. The number of rotatable bonds is 10. The van der Waals surface area contributed by atoms with Crippen LogP contribution in [0.25, 0.3) is 0 Å². The normalized spacial score (nSPS) is 13.3. The van der Waals surface area contributed by atoms with E-state index >= 15 is 0 Å². The van der Waals surface area contributed by atoms with Crippen molar-refractivity contribution in [2.24, 2.45) is 0 Å². The van der Waals surface area contributed by atoms with Gasteiger partial charge in [0.15, 0.2) is 11.5 Å². The standard InChI is InChI=1S/C23H28FN3O6S/c1-4-19(23(29)25-3)26(13-16-6-8-17(24)9-7-16)22(28)14-27(34(30,31)5-2)18-10-11-20-21(12-18)33-15-32-20/h6-12,19H,4-5,13-15H2,1-3H3,(H,25,29). The van der Waals surface area contributed by atoms with E-state index in [0.717, 1.165) is 4.31 Å². The molecule has 0 radical (unpaired) electrons. The molecule has 1 heterocycles. The summed E-state index contributed by atoms with van der Waals surface area (Å²) in [5, 5.41) is 2.55. The molecule has 184 valence electrons. The van der Waals surface area contributed by atoms with Gasteiger partial charge in [0.1, 0.15) is 18.4 Å². The van der Waals surface area contributed by atoms with E-state index in [4.69, 9.17) is 9.47 Å². The van der Waals surface area contributed by atoms with Crippen LogP contribution < -0.4 is 19.1 Å². The first-order valence-electron chi connectivity index (χ1n) is 10.9. The lowest BCUT2D eigenvalue weighted by atomic mass is 10.1. The summed E-state index contributed by atoms with van der Waals surface area (Å²) in [6, 6.07) is 9.34. The van der Waals surface area contributed by atoms with Crippen LogP contribution in [0.5, 0.6) is 11.5 Å². The predicted molar refractivity (Wildman–Crippen MR) is 124 cm³/mol. The van der Waals surface area contributed by atoms with Gasteiger partial charge >= 0.3 is 0 Å². The number of ether oxygens (including phenoxy) is 2. The van der Waals surface area contributed by atoms with Crippen molar-refractivity contribution in [1.82, 2.24) is 10.2 Å². The summed E-state index contributed by atoms with van der Waals surface area (Å²) >= 11 is 0. The predicted octanol–water partition coefficient (Wildman–Crippen LogP) is 2.26. The van der Waals surface area contributed by atoms with Crippen LogP contribution in [0.4, 0.5) is 10.1 Å². The van der Waals surface area contributed by atoms with Crippen molar-refractivity contribution in [3.8, 4) is 11.5 Å². The minimum Gasteiger partial charge on any atom is -0.454 e. The van der Waals surface area contributed by atoms with E-state index in [9.17, 15) is 22.4 Å². The molecule has 3 rings (SSSR count). The minimum atomic E-state index is -3.86. The van der Waals surface area contributed by atoms with Gasteiger partial charge in [0, 0.05) is 19.7 Å². The van der Waals surface area contributed by atoms with E-state index in [1.54, 1.807) is 13.0 Å². The van der Waals surface area contributed by atoms with Crippen LogP contribution in [0.2, 0.25) is 0 Å². The number of anilines is 1. The quantitative estimate of drug-likeness (QED) is 0.544. The molecule has 0 spiro atoms. The Morgan fingerprint density at radius 1 is 1.09 bits per heavy atom. The highest BCUT2D eigenvalue weighted by Crippen LogP contribution is 2.36. The number of nitrogens with one attached hydrogen (secondary N) is 1. The highest BCUT2D eigenvalue weighted by atomic mass is 32.2. The molecule has 0 aromatic heterocycles. The monoisotopic (exact) mass is 493 g/mol. The zero-order valence-electron chi connectivity index (χ0n) is 19.3. The van der Waals surface area contributed by atoms with Gasteiger partial charge < -0.3 is 19.7 Å². The molecule has 0 bridgehead atoms. The number of hydrogen-bond donors (Lipinski definition) is 1. The average molecular weight is 494 g/mol. The largest absolute Gasteiger partial charge is 0.454 e. The van der Waals surface area contributed by atoms with Crippen molar-refractivity contribution in [1.29, 1.82) is 0 Å². The maximum Gasteiger partial charge on any atom is 0.244 e. The van der Waals surface area contributed by atoms with Crippen LogP contribution in [0.3, 0.4) is 0 Å². The van der Waals surface area contributed by atoms with Crippen molar-refractivity contribution in [3.05, 3.63) is 53.8 Å². The van der Waals surface area contributed by atoms with Crippen LogP contribution >= 0.6 is 0 Å². The zero-order valence-corrected chi connectivity index (χ0v) is 20.1. The highest BCUT2D eigenvalue weighted by Gasteiger charge is 2.32. The number of hydrogen-bond acceptors (Lipinski definition) is 6. The topological polar surface area (TPSA) is 105 Å². The third-order valence-corrected chi connectivity index (χ3v) is 7.26. The molecule has 11 heteroatoms. The molecule has 9 nitrogen and oxygen atoms in total. The fourth-order valence-corrected chi connectivity index (χ4v) is 4.69. The van der Waals surface area contributed by atoms with Gasteiger partial charge in [-0.05, 0) is 43.2 Å². The van der Waals surface area contributed by atoms with Crippen molar-refractivity contribution >= 4 is 27.5 Å². The van der Waals surface area contributed by atoms with Crippen molar-refractivity contribution in [3.63, 3.8) is 0 Å². The van der Waals surface area contributed by atoms with Gasteiger partial charge in [-0.3, -0.25) is 13.9 Å². The van der Waals surface area contributed by atoms with Gasteiger partial charge in [0.2, 0.25) is 28.6 Å². The third-order valence-electron chi connectivity index (χ3n) is 5.52. The summed E-state index contributed by atoms with van der Waals surface area (Å²) < 4.78 is 50.9. The Bertz CT molecular complexity index is 1140. The number of nitrogens with zero attached hydrogens (tertiary/aromatic N) is 2. The summed E-state index contributed by atoms with van der Waals surface area (Å²) in [4.78, 5) is 27.4. The van der Waals surface area contributed by atoms with Gasteiger partial charge in [-0.25, -0.2) is 12.8 Å². The summed E-state index contributed by atoms with van der Waals surface area (Å²) in [6.07, 6.45) is 0.303. The maximum atomic E-state index is 13.5. The zero-order chi connectivity index (χ0) is 24.9. The van der Waals surface area contributed by atoms with E-state index in [2.05, 4.69) is 5.32 Å². The molecule has 1 N–H and O–H groups in total. The van der Waals surface area contributed by atoms with E-state index < -0.39 is 34.3 Å². The Kier molecular flexibility index (Phi) is 7.98. The molecule has 2 aromatic rings. The second-order valence-corrected chi connectivity index (χ2v) is 9.81. The Hall–Kier alpha value is -3.34. The summed E-state index contributed by atoms with van der Waals surface area (Å²) in [5.74, 6) is -0.767. The molecule has 0 aliphatic carbocycles. The molecule has 1 unspecified atom stereocenters. The van der Waals surface area contributed by atoms with Gasteiger partial charge in [-0.1, -0.05) is 19.1 Å². The fourth-order valence-electron chi connectivity index (χ4n) is 3.63. The van der Waals surface area contributed by atoms with Crippen LogP contribution in [-0.2, 0) is 26.2 Å².